The molecule has 0 saturated heterocycles. The molecule has 0 aliphatic heterocycles. The van der Waals surface area contributed by atoms with Gasteiger partial charge >= 0.3 is 5.97 Å². The highest BCUT2D eigenvalue weighted by Gasteiger charge is 2.31. The van der Waals surface area contributed by atoms with Crippen molar-refractivity contribution in [1.29, 1.82) is 0 Å². The summed E-state index contributed by atoms with van der Waals surface area (Å²) < 4.78 is 30.1. The summed E-state index contributed by atoms with van der Waals surface area (Å²) in [5, 5.41) is 32.8. The summed E-state index contributed by atoms with van der Waals surface area (Å²) in [6, 6.07) is 17.6. The van der Waals surface area contributed by atoms with Gasteiger partial charge in [0.25, 0.3) is 11.8 Å². The lowest BCUT2D eigenvalue weighted by Crippen LogP contribution is -2.23. The maximum Gasteiger partial charge on any atom is 0.305 e. The minimum absolute atomic E-state index is 0.111. The zero-order chi connectivity index (χ0) is 34.4. The molecule has 0 fully saturated rings. The molecule has 248 valence electrons. The van der Waals surface area contributed by atoms with Crippen molar-refractivity contribution in [2.75, 3.05) is 19.4 Å². The number of aromatic nitrogens is 1. The Balaban J connectivity index is 1.91. The van der Waals surface area contributed by atoms with E-state index in [0.29, 0.717) is 39.2 Å². The monoisotopic (exact) mass is 647 g/mol. The first-order valence-corrected chi connectivity index (χ1v) is 15.3. The predicted octanol–water partition coefficient (Wildman–Crippen LogP) is 6.15. The number of aliphatic carboxylic acids is 1. The minimum Gasteiger partial charge on any atom is -0.481 e. The third kappa shape index (κ3) is 8.49. The molecular formula is C36H39F2N3O6. The number of carboxylic acids is 1. The van der Waals surface area contributed by atoms with Gasteiger partial charge in [0.15, 0.2) is 0 Å². The van der Waals surface area contributed by atoms with Crippen LogP contribution in [0.25, 0.3) is 22.3 Å². The van der Waals surface area contributed by atoms with Gasteiger partial charge in [-0.3, -0.25) is 14.4 Å². The molecule has 4 rings (SSSR count). The molecule has 3 aromatic carbocycles. The van der Waals surface area contributed by atoms with Gasteiger partial charge in [-0.05, 0) is 86.7 Å². The van der Waals surface area contributed by atoms with Crippen molar-refractivity contribution in [3.63, 3.8) is 0 Å². The average Bonchev–Trinajstić information content (AvgIpc) is 3.35. The van der Waals surface area contributed by atoms with E-state index in [-0.39, 0.29) is 36.9 Å². The third-order valence-electron chi connectivity index (χ3n) is 7.75. The SMILES string of the molecule is CC(C)n1c(CC[C@@H](O)C[C@@H](O)CC(=O)O)c(-c2ccc(F)cc2)c(-c2ccc(F)cc2)c1C(=O)Nc1cccc(C(=O)N(C)C)c1. The van der Waals surface area contributed by atoms with Crippen molar-refractivity contribution in [2.45, 2.75) is 57.8 Å². The molecule has 0 radical (unpaired) electrons. The summed E-state index contributed by atoms with van der Waals surface area (Å²) in [7, 11) is 3.25. The minimum atomic E-state index is -1.25. The van der Waals surface area contributed by atoms with E-state index in [0.717, 1.165) is 0 Å². The fraction of sp³-hybridized carbons (Fsp3) is 0.306. The standard InChI is InChI=1S/C36H39F2N3O6/c1-21(2)41-30(17-16-28(42)19-29(43)20-31(44)45)32(22-8-12-25(37)13-9-22)33(23-10-14-26(38)15-11-23)34(41)35(46)39-27-7-5-6-24(18-27)36(47)40(3)4/h5-15,18,21,28-29,42-43H,16-17,19-20H2,1-4H3,(H,39,46)(H,44,45)/t28-,29-/m1/s1. The van der Waals surface area contributed by atoms with E-state index in [1.54, 1.807) is 62.6 Å². The van der Waals surface area contributed by atoms with E-state index in [2.05, 4.69) is 5.32 Å². The van der Waals surface area contributed by atoms with Crippen molar-refractivity contribution < 1.29 is 38.5 Å². The topological polar surface area (TPSA) is 132 Å². The highest BCUT2D eigenvalue weighted by molar-refractivity contribution is 6.11. The third-order valence-corrected chi connectivity index (χ3v) is 7.75. The number of hydrogen-bond acceptors (Lipinski definition) is 5. The second kappa shape index (κ2) is 15.1. The largest absolute Gasteiger partial charge is 0.481 e. The fourth-order valence-corrected chi connectivity index (χ4v) is 5.70. The number of nitrogens with one attached hydrogen (secondary N) is 1. The van der Waals surface area contributed by atoms with Crippen LogP contribution in [-0.4, -0.2) is 68.9 Å². The summed E-state index contributed by atoms with van der Waals surface area (Å²) in [6.45, 7) is 3.76. The number of carbonyl (C=O) groups excluding carboxylic acids is 2. The molecule has 9 nitrogen and oxygen atoms in total. The van der Waals surface area contributed by atoms with Gasteiger partial charge < -0.3 is 30.1 Å². The Morgan fingerprint density at radius 2 is 1.43 bits per heavy atom. The summed E-state index contributed by atoms with van der Waals surface area (Å²) in [4.78, 5) is 39.4. The van der Waals surface area contributed by atoms with Crippen LogP contribution in [0.2, 0.25) is 0 Å². The molecule has 0 saturated carbocycles. The molecule has 1 aromatic heterocycles. The maximum atomic E-state index is 14.4. The van der Waals surface area contributed by atoms with Crippen molar-refractivity contribution in [3.05, 3.63) is 101 Å². The van der Waals surface area contributed by atoms with Gasteiger partial charge in [-0.15, -0.1) is 0 Å². The van der Waals surface area contributed by atoms with Crippen LogP contribution in [0.5, 0.6) is 0 Å². The molecule has 0 bridgehead atoms. The summed E-state index contributed by atoms with van der Waals surface area (Å²) in [5.74, 6) is -2.88. The van der Waals surface area contributed by atoms with Crippen LogP contribution in [0.15, 0.2) is 72.8 Å². The second-order valence-electron chi connectivity index (χ2n) is 11.9. The predicted molar refractivity (Wildman–Crippen MR) is 175 cm³/mol. The lowest BCUT2D eigenvalue weighted by Gasteiger charge is -2.20. The Morgan fingerprint density at radius 1 is 0.851 bits per heavy atom. The molecule has 4 N–H and O–H groups in total. The molecular weight excluding hydrogens is 608 g/mol. The van der Waals surface area contributed by atoms with Crippen molar-refractivity contribution in [2.24, 2.45) is 0 Å². The number of anilines is 1. The number of amides is 2. The molecule has 47 heavy (non-hydrogen) atoms. The molecule has 2 amide bonds. The summed E-state index contributed by atoms with van der Waals surface area (Å²) in [6.07, 6.45) is -2.69. The van der Waals surface area contributed by atoms with Gasteiger partial charge in [0.2, 0.25) is 0 Å². The lowest BCUT2D eigenvalue weighted by molar-refractivity contribution is -0.139. The first kappa shape index (κ1) is 35.0. The first-order chi connectivity index (χ1) is 22.3. The van der Waals surface area contributed by atoms with Gasteiger partial charge in [0.05, 0.1) is 18.6 Å². The van der Waals surface area contributed by atoms with E-state index < -0.39 is 42.1 Å². The van der Waals surface area contributed by atoms with E-state index in [9.17, 15) is 33.4 Å². The normalized spacial score (nSPS) is 12.5. The van der Waals surface area contributed by atoms with Gasteiger partial charge in [-0.1, -0.05) is 30.3 Å². The van der Waals surface area contributed by atoms with E-state index in [1.807, 2.05) is 18.4 Å². The lowest BCUT2D eigenvalue weighted by atomic mass is 9.92. The molecule has 0 unspecified atom stereocenters. The Labute approximate surface area is 272 Å². The zero-order valence-electron chi connectivity index (χ0n) is 26.7. The Morgan fingerprint density at radius 3 is 1.96 bits per heavy atom. The summed E-state index contributed by atoms with van der Waals surface area (Å²) in [5.41, 5.74) is 3.72. The number of carboxylic acid groups (broad SMARTS) is 1. The van der Waals surface area contributed by atoms with Crippen molar-refractivity contribution in [3.8, 4) is 22.3 Å². The molecule has 2 atom stereocenters. The highest BCUT2D eigenvalue weighted by atomic mass is 19.1. The average molecular weight is 648 g/mol. The molecule has 11 heteroatoms. The van der Waals surface area contributed by atoms with Crippen molar-refractivity contribution in [1.82, 2.24) is 9.47 Å². The molecule has 0 aliphatic rings. The van der Waals surface area contributed by atoms with Gasteiger partial charge in [0, 0.05) is 48.2 Å². The van der Waals surface area contributed by atoms with E-state index in [1.165, 1.54) is 29.2 Å². The molecule has 1 heterocycles. The van der Waals surface area contributed by atoms with Gasteiger partial charge in [-0.2, -0.15) is 0 Å². The Bertz CT molecular complexity index is 1730. The first-order valence-electron chi connectivity index (χ1n) is 15.3. The highest BCUT2D eigenvalue weighted by Crippen LogP contribution is 2.43. The van der Waals surface area contributed by atoms with Gasteiger partial charge in [-0.25, -0.2) is 8.78 Å². The molecule has 4 aromatic rings. The molecule has 0 spiro atoms. The van der Waals surface area contributed by atoms with Crippen LogP contribution in [0.3, 0.4) is 0 Å². The van der Waals surface area contributed by atoms with E-state index >= 15 is 0 Å². The van der Waals surface area contributed by atoms with Crippen LogP contribution < -0.4 is 5.32 Å². The van der Waals surface area contributed by atoms with Crippen LogP contribution >= 0.6 is 0 Å². The van der Waals surface area contributed by atoms with Gasteiger partial charge in [0.1, 0.15) is 17.3 Å². The molecule has 0 aliphatic carbocycles. The quantitative estimate of drug-likeness (QED) is 0.138. The zero-order valence-corrected chi connectivity index (χ0v) is 26.7. The number of benzene rings is 3. The van der Waals surface area contributed by atoms with Crippen molar-refractivity contribution >= 4 is 23.5 Å². The van der Waals surface area contributed by atoms with E-state index in [4.69, 9.17) is 5.11 Å². The number of aliphatic hydroxyl groups excluding tert-OH is 2. The second-order valence-corrected chi connectivity index (χ2v) is 11.9. The van der Waals surface area contributed by atoms with Crippen LogP contribution in [0.1, 0.15) is 65.7 Å². The maximum absolute atomic E-state index is 14.4. The number of rotatable bonds is 13. The number of aliphatic hydroxyl groups is 2. The van der Waals surface area contributed by atoms with Crippen LogP contribution in [0.4, 0.5) is 14.5 Å². The summed E-state index contributed by atoms with van der Waals surface area (Å²) >= 11 is 0. The number of hydrogen-bond donors (Lipinski definition) is 4. The fourth-order valence-electron chi connectivity index (χ4n) is 5.70. The smallest absolute Gasteiger partial charge is 0.305 e. The van der Waals surface area contributed by atoms with Crippen LogP contribution in [-0.2, 0) is 11.2 Å². The number of halogens is 2. The number of nitrogens with zero attached hydrogens (tertiary/aromatic N) is 2. The Hall–Kier alpha value is -4.87. The Kier molecular flexibility index (Phi) is 11.3. The van der Waals surface area contributed by atoms with Crippen LogP contribution in [0, 0.1) is 11.6 Å². The number of carbonyl (C=O) groups is 3.